The Morgan fingerprint density at radius 1 is 1.03 bits per heavy atom. The molecule has 1 atom stereocenters. The standard InChI is InChI=1S/C26H30N2O6S/c1-18(26(29)30)27-35(31,32)28-13-11-21(12-14-28)20-5-8-24(9-6-20)34-17-19-3-4-23-16-25(33-2)10-7-22(23)15-19/h3-10,15-16,18,21,27H,11-14,17H2,1-2H3,(H,29,30)/t18-/m1/s1. The van der Waals surface area contributed by atoms with E-state index in [9.17, 15) is 13.2 Å². The molecule has 1 aliphatic heterocycles. The smallest absolute Gasteiger partial charge is 0.321 e. The minimum atomic E-state index is -3.81. The number of nitrogens with zero attached hydrogens (tertiary/aromatic N) is 1. The van der Waals surface area contributed by atoms with E-state index in [4.69, 9.17) is 14.6 Å². The van der Waals surface area contributed by atoms with Gasteiger partial charge in [0, 0.05) is 13.1 Å². The Kier molecular flexibility index (Phi) is 7.59. The summed E-state index contributed by atoms with van der Waals surface area (Å²) in [4.78, 5) is 11.0. The third-order valence-corrected chi connectivity index (χ3v) is 8.06. The lowest BCUT2D eigenvalue weighted by Crippen LogP contribution is -2.49. The molecule has 3 aromatic rings. The average molecular weight is 499 g/mol. The normalized spacial score (nSPS) is 16.2. The molecule has 186 valence electrons. The molecule has 0 saturated carbocycles. The maximum Gasteiger partial charge on any atom is 0.321 e. The minimum Gasteiger partial charge on any atom is -0.497 e. The number of hydrogen-bond donors (Lipinski definition) is 2. The number of methoxy groups -OCH3 is 1. The van der Waals surface area contributed by atoms with Crippen molar-refractivity contribution in [2.75, 3.05) is 20.2 Å². The molecule has 0 aliphatic carbocycles. The van der Waals surface area contributed by atoms with Crippen LogP contribution in [0.4, 0.5) is 0 Å². The van der Waals surface area contributed by atoms with Crippen molar-refractivity contribution in [3.8, 4) is 11.5 Å². The highest BCUT2D eigenvalue weighted by Crippen LogP contribution is 2.30. The summed E-state index contributed by atoms with van der Waals surface area (Å²) >= 11 is 0. The number of aliphatic carboxylic acids is 1. The molecule has 1 saturated heterocycles. The molecule has 0 aromatic heterocycles. The summed E-state index contributed by atoms with van der Waals surface area (Å²) in [6, 6.07) is 19.0. The number of rotatable bonds is 9. The zero-order chi connectivity index (χ0) is 25.0. The van der Waals surface area contributed by atoms with Gasteiger partial charge in [0.2, 0.25) is 0 Å². The van der Waals surface area contributed by atoms with Gasteiger partial charge in [-0.25, -0.2) is 0 Å². The Bertz CT molecular complexity index is 1280. The second kappa shape index (κ2) is 10.6. The van der Waals surface area contributed by atoms with Crippen molar-refractivity contribution in [3.05, 3.63) is 71.8 Å². The lowest BCUT2D eigenvalue weighted by atomic mass is 9.90. The number of ether oxygens (including phenoxy) is 2. The highest BCUT2D eigenvalue weighted by atomic mass is 32.2. The Morgan fingerprint density at radius 3 is 2.31 bits per heavy atom. The Labute approximate surface area is 205 Å². The van der Waals surface area contributed by atoms with E-state index in [0.717, 1.165) is 33.4 Å². The van der Waals surface area contributed by atoms with E-state index in [1.165, 1.54) is 11.2 Å². The summed E-state index contributed by atoms with van der Waals surface area (Å²) in [6.45, 7) is 2.46. The van der Waals surface area contributed by atoms with Gasteiger partial charge in [0.25, 0.3) is 10.2 Å². The molecular formula is C26H30N2O6S. The minimum absolute atomic E-state index is 0.241. The molecule has 8 nitrogen and oxygen atoms in total. The van der Waals surface area contributed by atoms with Gasteiger partial charge in [-0.3, -0.25) is 4.79 Å². The maximum absolute atomic E-state index is 12.4. The van der Waals surface area contributed by atoms with Crippen molar-refractivity contribution in [1.82, 2.24) is 9.03 Å². The summed E-state index contributed by atoms with van der Waals surface area (Å²) in [6.07, 6.45) is 1.34. The Morgan fingerprint density at radius 2 is 1.66 bits per heavy atom. The van der Waals surface area contributed by atoms with Gasteiger partial charge in [0.15, 0.2) is 0 Å². The topological polar surface area (TPSA) is 105 Å². The lowest BCUT2D eigenvalue weighted by Gasteiger charge is -2.32. The van der Waals surface area contributed by atoms with Crippen LogP contribution < -0.4 is 14.2 Å². The van der Waals surface area contributed by atoms with Gasteiger partial charge in [0.1, 0.15) is 24.1 Å². The molecule has 1 fully saturated rings. The van der Waals surface area contributed by atoms with E-state index in [1.54, 1.807) is 7.11 Å². The fourth-order valence-electron chi connectivity index (χ4n) is 4.27. The first kappa shape index (κ1) is 25.0. The van der Waals surface area contributed by atoms with Crippen LogP contribution in [0.1, 0.15) is 36.8 Å². The summed E-state index contributed by atoms with van der Waals surface area (Å²) in [5.74, 6) is 0.644. The largest absolute Gasteiger partial charge is 0.497 e. The van der Waals surface area contributed by atoms with Crippen LogP contribution in [0.15, 0.2) is 60.7 Å². The number of nitrogens with one attached hydrogen (secondary N) is 1. The molecular weight excluding hydrogens is 468 g/mol. The van der Waals surface area contributed by atoms with Crippen LogP contribution in [0.3, 0.4) is 0 Å². The fourth-order valence-corrected chi connectivity index (χ4v) is 5.66. The van der Waals surface area contributed by atoms with E-state index >= 15 is 0 Å². The number of piperidine rings is 1. The second-order valence-corrected chi connectivity index (χ2v) is 10.5. The molecule has 0 radical (unpaired) electrons. The van der Waals surface area contributed by atoms with Crippen LogP contribution in [0.5, 0.6) is 11.5 Å². The number of hydrogen-bond acceptors (Lipinski definition) is 5. The lowest BCUT2D eigenvalue weighted by molar-refractivity contribution is -0.138. The monoisotopic (exact) mass is 498 g/mol. The van der Waals surface area contributed by atoms with Gasteiger partial charge < -0.3 is 14.6 Å². The van der Waals surface area contributed by atoms with Crippen LogP contribution in [0.25, 0.3) is 10.8 Å². The van der Waals surface area contributed by atoms with Gasteiger partial charge in [-0.2, -0.15) is 17.4 Å². The van der Waals surface area contributed by atoms with Gasteiger partial charge >= 0.3 is 5.97 Å². The quantitative estimate of drug-likeness (QED) is 0.463. The van der Waals surface area contributed by atoms with Crippen molar-refractivity contribution >= 4 is 27.0 Å². The van der Waals surface area contributed by atoms with Crippen molar-refractivity contribution in [2.24, 2.45) is 0 Å². The van der Waals surface area contributed by atoms with Gasteiger partial charge in [-0.05, 0) is 77.9 Å². The molecule has 3 aromatic carbocycles. The molecule has 9 heteroatoms. The summed E-state index contributed by atoms with van der Waals surface area (Å²) in [5, 5.41) is 11.2. The fraction of sp³-hybridized carbons (Fsp3) is 0.346. The number of carboxylic acid groups (broad SMARTS) is 1. The SMILES string of the molecule is COc1ccc2cc(COc3ccc(C4CCN(S(=O)(=O)N[C@H](C)C(=O)O)CC4)cc3)ccc2c1. The molecule has 35 heavy (non-hydrogen) atoms. The van der Waals surface area contributed by atoms with E-state index < -0.39 is 22.2 Å². The highest BCUT2D eigenvalue weighted by Gasteiger charge is 2.30. The van der Waals surface area contributed by atoms with Crippen LogP contribution in [-0.4, -0.2) is 50.0 Å². The summed E-state index contributed by atoms with van der Waals surface area (Å²) in [5.41, 5.74) is 2.21. The molecule has 0 unspecified atom stereocenters. The van der Waals surface area contributed by atoms with Crippen molar-refractivity contribution in [3.63, 3.8) is 0 Å². The molecule has 2 N–H and O–H groups in total. The van der Waals surface area contributed by atoms with Crippen molar-refractivity contribution in [2.45, 2.75) is 38.3 Å². The van der Waals surface area contributed by atoms with Gasteiger partial charge in [-0.15, -0.1) is 0 Å². The molecule has 0 spiro atoms. The number of fused-ring (bicyclic) bond motifs is 1. The predicted octanol–water partition coefficient (Wildman–Crippen LogP) is 3.91. The molecule has 0 amide bonds. The first-order chi connectivity index (χ1) is 16.7. The first-order valence-corrected chi connectivity index (χ1v) is 13.0. The second-order valence-electron chi connectivity index (χ2n) is 8.76. The van der Waals surface area contributed by atoms with Crippen molar-refractivity contribution in [1.29, 1.82) is 0 Å². The zero-order valence-electron chi connectivity index (χ0n) is 19.8. The van der Waals surface area contributed by atoms with E-state index in [1.807, 2.05) is 48.5 Å². The number of benzene rings is 3. The molecule has 4 rings (SSSR count). The summed E-state index contributed by atoms with van der Waals surface area (Å²) in [7, 11) is -2.16. The van der Waals surface area contributed by atoms with Crippen molar-refractivity contribution < 1.29 is 27.8 Å². The van der Waals surface area contributed by atoms with Crippen LogP contribution in [0.2, 0.25) is 0 Å². The summed E-state index contributed by atoms with van der Waals surface area (Å²) < 4.78 is 39.6. The highest BCUT2D eigenvalue weighted by molar-refractivity contribution is 7.87. The van der Waals surface area contributed by atoms with Gasteiger partial charge in [0.05, 0.1) is 7.11 Å². The number of carboxylic acids is 1. The third-order valence-electron chi connectivity index (χ3n) is 6.36. The number of carbonyl (C=O) groups is 1. The van der Waals surface area contributed by atoms with E-state index in [0.29, 0.717) is 32.5 Å². The van der Waals surface area contributed by atoms with Crippen LogP contribution in [0, 0.1) is 0 Å². The average Bonchev–Trinajstić information content (AvgIpc) is 2.87. The molecule has 1 heterocycles. The molecule has 1 aliphatic rings. The van der Waals surface area contributed by atoms with Gasteiger partial charge in [-0.1, -0.05) is 30.3 Å². The Balaban J connectivity index is 1.31. The van der Waals surface area contributed by atoms with Crippen LogP contribution in [-0.2, 0) is 21.6 Å². The zero-order valence-corrected chi connectivity index (χ0v) is 20.6. The van der Waals surface area contributed by atoms with Crippen LogP contribution >= 0.6 is 0 Å². The molecule has 0 bridgehead atoms. The third kappa shape index (κ3) is 6.11. The maximum atomic E-state index is 12.4. The first-order valence-electron chi connectivity index (χ1n) is 11.5. The van der Waals surface area contributed by atoms with E-state index in [-0.39, 0.29) is 5.92 Å². The predicted molar refractivity (Wildman–Crippen MR) is 134 cm³/mol. The van der Waals surface area contributed by atoms with E-state index in [2.05, 4.69) is 16.9 Å². The Hall–Kier alpha value is -3.14.